The van der Waals surface area contributed by atoms with E-state index in [0.29, 0.717) is 0 Å². The van der Waals surface area contributed by atoms with Crippen molar-refractivity contribution in [3.05, 3.63) is 12.7 Å². The number of hydrogen-bond donors (Lipinski definition) is 4. The quantitative estimate of drug-likeness (QED) is 0.408. The van der Waals surface area contributed by atoms with E-state index in [2.05, 4.69) is 6.58 Å². The van der Waals surface area contributed by atoms with Gasteiger partial charge in [-0.25, -0.2) is 0 Å². The van der Waals surface area contributed by atoms with E-state index in [1.165, 1.54) is 6.08 Å². The molecule has 5 atom stereocenters. The van der Waals surface area contributed by atoms with Gasteiger partial charge in [0.1, 0.15) is 24.4 Å². The number of aliphatic hydroxyl groups is 4. The Morgan fingerprint density at radius 2 is 1.87 bits per heavy atom. The van der Waals surface area contributed by atoms with Gasteiger partial charge in [-0.05, 0) is 0 Å². The van der Waals surface area contributed by atoms with Gasteiger partial charge in [-0.15, -0.1) is 6.58 Å². The predicted octanol–water partition coefficient (Wildman–Crippen LogP) is -2.01. The molecular weight excluding hydrogens is 204 g/mol. The van der Waals surface area contributed by atoms with E-state index in [4.69, 9.17) is 14.6 Å². The van der Waals surface area contributed by atoms with Crippen LogP contribution >= 0.6 is 0 Å². The molecule has 0 unspecified atom stereocenters. The van der Waals surface area contributed by atoms with E-state index in [0.717, 1.165) is 0 Å². The van der Waals surface area contributed by atoms with Crippen molar-refractivity contribution in [2.24, 2.45) is 0 Å². The topological polar surface area (TPSA) is 99.4 Å². The lowest BCUT2D eigenvalue weighted by Crippen LogP contribution is -2.59. The van der Waals surface area contributed by atoms with Crippen molar-refractivity contribution in [1.82, 2.24) is 0 Å². The molecule has 6 heteroatoms. The molecule has 1 saturated heterocycles. The SMILES string of the molecule is C=CCO[C@H]1O[C@@H](CO)[C@H](O)[C@H](O)[C@H]1O. The summed E-state index contributed by atoms with van der Waals surface area (Å²) < 4.78 is 10.1. The fourth-order valence-corrected chi connectivity index (χ4v) is 1.37. The van der Waals surface area contributed by atoms with Crippen LogP contribution in [0.3, 0.4) is 0 Å². The van der Waals surface area contributed by atoms with Crippen LogP contribution in [0, 0.1) is 0 Å². The normalized spacial score (nSPS) is 41.5. The van der Waals surface area contributed by atoms with Crippen molar-refractivity contribution >= 4 is 0 Å². The summed E-state index contributed by atoms with van der Waals surface area (Å²) in [4.78, 5) is 0. The van der Waals surface area contributed by atoms with Crippen molar-refractivity contribution in [2.45, 2.75) is 30.7 Å². The minimum Gasteiger partial charge on any atom is -0.394 e. The molecule has 0 amide bonds. The van der Waals surface area contributed by atoms with Gasteiger partial charge in [-0.2, -0.15) is 0 Å². The van der Waals surface area contributed by atoms with Crippen molar-refractivity contribution in [2.75, 3.05) is 13.2 Å². The fourth-order valence-electron chi connectivity index (χ4n) is 1.37. The molecule has 0 aliphatic carbocycles. The molecule has 0 saturated carbocycles. The van der Waals surface area contributed by atoms with Crippen LogP contribution in [0.25, 0.3) is 0 Å². The summed E-state index contributed by atoms with van der Waals surface area (Å²) in [5.41, 5.74) is 0. The monoisotopic (exact) mass is 220 g/mol. The van der Waals surface area contributed by atoms with Crippen LogP contribution in [0.5, 0.6) is 0 Å². The molecule has 1 aliphatic heterocycles. The van der Waals surface area contributed by atoms with Crippen molar-refractivity contribution < 1.29 is 29.9 Å². The van der Waals surface area contributed by atoms with E-state index in [1.807, 2.05) is 0 Å². The highest BCUT2D eigenvalue weighted by molar-refractivity contribution is 4.89. The third-order valence-electron chi connectivity index (χ3n) is 2.23. The van der Waals surface area contributed by atoms with Gasteiger partial charge in [-0.1, -0.05) is 6.08 Å². The standard InChI is InChI=1S/C9H16O6/c1-2-3-14-9-8(13)7(12)6(11)5(4-10)15-9/h2,5-13H,1,3-4H2/t5-,6-,7-,8+,9-/m0/s1. The average molecular weight is 220 g/mol. The Hall–Kier alpha value is -0.500. The van der Waals surface area contributed by atoms with Crippen LogP contribution in [0.4, 0.5) is 0 Å². The summed E-state index contributed by atoms with van der Waals surface area (Å²) in [6.45, 7) is 3.10. The molecule has 0 radical (unpaired) electrons. The third-order valence-corrected chi connectivity index (χ3v) is 2.23. The first-order valence-corrected chi connectivity index (χ1v) is 4.64. The molecular formula is C9H16O6. The number of rotatable bonds is 4. The molecule has 1 heterocycles. The van der Waals surface area contributed by atoms with Crippen LogP contribution in [0.15, 0.2) is 12.7 Å². The largest absolute Gasteiger partial charge is 0.394 e. The summed E-state index contributed by atoms with van der Waals surface area (Å²) >= 11 is 0. The van der Waals surface area contributed by atoms with E-state index in [9.17, 15) is 15.3 Å². The number of aliphatic hydroxyl groups excluding tert-OH is 4. The Morgan fingerprint density at radius 1 is 1.20 bits per heavy atom. The highest BCUT2D eigenvalue weighted by Crippen LogP contribution is 2.21. The summed E-state index contributed by atoms with van der Waals surface area (Å²) in [5, 5.41) is 37.1. The van der Waals surface area contributed by atoms with E-state index < -0.39 is 37.3 Å². The van der Waals surface area contributed by atoms with Gasteiger partial charge in [-0.3, -0.25) is 0 Å². The molecule has 1 aliphatic rings. The molecule has 15 heavy (non-hydrogen) atoms. The average Bonchev–Trinajstić information content (AvgIpc) is 2.25. The van der Waals surface area contributed by atoms with Crippen molar-refractivity contribution in [3.8, 4) is 0 Å². The zero-order chi connectivity index (χ0) is 11.4. The van der Waals surface area contributed by atoms with Gasteiger partial charge in [0.05, 0.1) is 13.2 Å². The molecule has 0 bridgehead atoms. The first-order valence-electron chi connectivity index (χ1n) is 4.64. The predicted molar refractivity (Wildman–Crippen MR) is 49.9 cm³/mol. The highest BCUT2D eigenvalue weighted by atomic mass is 16.7. The molecule has 1 fully saturated rings. The van der Waals surface area contributed by atoms with Gasteiger partial charge >= 0.3 is 0 Å². The van der Waals surface area contributed by atoms with E-state index >= 15 is 0 Å². The highest BCUT2D eigenvalue weighted by Gasteiger charge is 2.43. The molecule has 4 N–H and O–H groups in total. The molecule has 0 spiro atoms. The zero-order valence-corrected chi connectivity index (χ0v) is 8.19. The van der Waals surface area contributed by atoms with Crippen LogP contribution < -0.4 is 0 Å². The van der Waals surface area contributed by atoms with Crippen molar-refractivity contribution in [3.63, 3.8) is 0 Å². The molecule has 88 valence electrons. The molecule has 0 aromatic rings. The number of hydrogen-bond acceptors (Lipinski definition) is 6. The smallest absolute Gasteiger partial charge is 0.187 e. The van der Waals surface area contributed by atoms with Gasteiger partial charge < -0.3 is 29.9 Å². The van der Waals surface area contributed by atoms with Crippen LogP contribution in [-0.2, 0) is 9.47 Å². The Labute approximate surface area is 87.4 Å². The molecule has 0 aromatic heterocycles. The number of ether oxygens (including phenoxy) is 2. The minimum absolute atomic E-state index is 0.142. The third kappa shape index (κ3) is 2.75. The van der Waals surface area contributed by atoms with Gasteiger partial charge in [0, 0.05) is 0 Å². The minimum atomic E-state index is -1.40. The summed E-state index contributed by atoms with van der Waals surface area (Å²) in [6, 6.07) is 0. The Morgan fingerprint density at radius 3 is 2.40 bits per heavy atom. The Kier molecular flexibility index (Phi) is 4.65. The maximum Gasteiger partial charge on any atom is 0.187 e. The van der Waals surface area contributed by atoms with Gasteiger partial charge in [0.15, 0.2) is 6.29 Å². The lowest BCUT2D eigenvalue weighted by atomic mass is 9.99. The van der Waals surface area contributed by atoms with Gasteiger partial charge in [0.25, 0.3) is 0 Å². The van der Waals surface area contributed by atoms with Crippen LogP contribution in [0.1, 0.15) is 0 Å². The lowest BCUT2D eigenvalue weighted by Gasteiger charge is -2.39. The maximum absolute atomic E-state index is 9.47. The van der Waals surface area contributed by atoms with Crippen molar-refractivity contribution in [1.29, 1.82) is 0 Å². The summed E-state index contributed by atoms with van der Waals surface area (Å²) in [7, 11) is 0. The second-order valence-corrected chi connectivity index (χ2v) is 3.32. The van der Waals surface area contributed by atoms with E-state index in [1.54, 1.807) is 0 Å². The summed E-state index contributed by atoms with van der Waals surface area (Å²) in [5.74, 6) is 0. The maximum atomic E-state index is 9.47. The molecule has 1 rings (SSSR count). The first-order chi connectivity index (χ1) is 7.11. The lowest BCUT2D eigenvalue weighted by molar-refractivity contribution is -0.298. The Balaban J connectivity index is 2.60. The van der Waals surface area contributed by atoms with E-state index in [-0.39, 0.29) is 6.61 Å². The first kappa shape index (κ1) is 12.6. The van der Waals surface area contributed by atoms with Gasteiger partial charge in [0.2, 0.25) is 0 Å². The zero-order valence-electron chi connectivity index (χ0n) is 8.19. The second kappa shape index (κ2) is 5.55. The fraction of sp³-hybridized carbons (Fsp3) is 0.778. The van der Waals surface area contributed by atoms with Crippen LogP contribution in [-0.4, -0.2) is 64.3 Å². The molecule has 0 aromatic carbocycles. The Bertz CT molecular complexity index is 207. The second-order valence-electron chi connectivity index (χ2n) is 3.32. The van der Waals surface area contributed by atoms with Crippen LogP contribution in [0.2, 0.25) is 0 Å². The summed E-state index contributed by atoms with van der Waals surface area (Å²) in [6.07, 6.45) is -4.64. The molecule has 6 nitrogen and oxygen atoms in total.